The van der Waals surface area contributed by atoms with Gasteiger partial charge in [0.05, 0.1) is 10.0 Å². The van der Waals surface area contributed by atoms with E-state index in [1.807, 2.05) is 30.3 Å². The minimum absolute atomic E-state index is 0.405. The number of fused-ring (bicyclic) bond motifs is 1. The van der Waals surface area contributed by atoms with Gasteiger partial charge in [-0.25, -0.2) is 0 Å². The molecule has 0 fully saturated rings. The highest BCUT2D eigenvalue weighted by Gasteiger charge is 2.11. The fourth-order valence-corrected chi connectivity index (χ4v) is 3.76. The summed E-state index contributed by atoms with van der Waals surface area (Å²) < 4.78 is 7.50. The third-order valence-corrected chi connectivity index (χ3v) is 4.46. The summed E-state index contributed by atoms with van der Waals surface area (Å²) in [5.74, 6) is 0.561. The van der Waals surface area contributed by atoms with Crippen LogP contribution in [0.25, 0.3) is 10.8 Å². The number of carbonyl (C=O) groups is 1. The van der Waals surface area contributed by atoms with Gasteiger partial charge in [-0.2, -0.15) is 0 Å². The summed E-state index contributed by atoms with van der Waals surface area (Å²) in [6, 6.07) is 17.9. The molecule has 22 heavy (non-hydrogen) atoms. The zero-order chi connectivity index (χ0) is 15.5. The average molecular weight is 420 g/mol. The van der Waals surface area contributed by atoms with E-state index in [1.165, 1.54) is 5.39 Å². The van der Waals surface area contributed by atoms with Crippen LogP contribution in [0.15, 0.2) is 63.5 Å². The van der Waals surface area contributed by atoms with Gasteiger partial charge in [-0.15, -0.1) is 0 Å². The van der Waals surface area contributed by atoms with Gasteiger partial charge in [-0.3, -0.25) is 4.79 Å². The summed E-state index contributed by atoms with van der Waals surface area (Å²) in [4.78, 5) is 11.2. The zero-order valence-corrected chi connectivity index (χ0v) is 14.7. The summed E-state index contributed by atoms with van der Waals surface area (Å²) in [6.45, 7) is 0.405. The SMILES string of the molecule is O=Cc1cc(Br)cc(Br)c1OCc1cccc2ccccc12. The Labute approximate surface area is 145 Å². The van der Waals surface area contributed by atoms with Gasteiger partial charge in [-0.1, -0.05) is 58.4 Å². The van der Waals surface area contributed by atoms with E-state index < -0.39 is 0 Å². The Morgan fingerprint density at radius 2 is 1.77 bits per heavy atom. The number of halogens is 2. The highest BCUT2D eigenvalue weighted by atomic mass is 79.9. The van der Waals surface area contributed by atoms with E-state index in [-0.39, 0.29) is 0 Å². The Kier molecular flexibility index (Phi) is 4.60. The first kappa shape index (κ1) is 15.3. The van der Waals surface area contributed by atoms with Crippen LogP contribution in [-0.2, 0) is 6.61 Å². The van der Waals surface area contributed by atoms with Crippen molar-refractivity contribution in [3.63, 3.8) is 0 Å². The molecule has 0 spiro atoms. The van der Waals surface area contributed by atoms with Crippen LogP contribution >= 0.6 is 31.9 Å². The van der Waals surface area contributed by atoms with Crippen molar-refractivity contribution < 1.29 is 9.53 Å². The smallest absolute Gasteiger partial charge is 0.153 e. The number of rotatable bonds is 4. The van der Waals surface area contributed by atoms with Gasteiger partial charge >= 0.3 is 0 Å². The zero-order valence-electron chi connectivity index (χ0n) is 11.6. The normalized spacial score (nSPS) is 10.6. The molecule has 2 nitrogen and oxygen atoms in total. The highest BCUT2D eigenvalue weighted by molar-refractivity contribution is 9.11. The van der Waals surface area contributed by atoms with Crippen LogP contribution in [0.1, 0.15) is 15.9 Å². The van der Waals surface area contributed by atoms with E-state index in [9.17, 15) is 4.79 Å². The molecule has 0 amide bonds. The van der Waals surface area contributed by atoms with Gasteiger partial charge in [0.15, 0.2) is 6.29 Å². The highest BCUT2D eigenvalue weighted by Crippen LogP contribution is 2.33. The second-order valence-corrected chi connectivity index (χ2v) is 6.62. The van der Waals surface area contributed by atoms with Crippen LogP contribution < -0.4 is 4.74 Å². The lowest BCUT2D eigenvalue weighted by atomic mass is 10.1. The van der Waals surface area contributed by atoms with Crippen molar-refractivity contribution >= 4 is 48.9 Å². The van der Waals surface area contributed by atoms with Crippen LogP contribution in [0.5, 0.6) is 5.75 Å². The van der Waals surface area contributed by atoms with Gasteiger partial charge < -0.3 is 4.74 Å². The lowest BCUT2D eigenvalue weighted by molar-refractivity contribution is 0.111. The number of ether oxygens (including phenoxy) is 1. The monoisotopic (exact) mass is 418 g/mol. The van der Waals surface area contributed by atoms with Crippen LogP contribution in [0.4, 0.5) is 0 Å². The summed E-state index contributed by atoms with van der Waals surface area (Å²) in [5, 5.41) is 2.33. The lowest BCUT2D eigenvalue weighted by Gasteiger charge is -2.12. The summed E-state index contributed by atoms with van der Waals surface area (Å²) >= 11 is 6.82. The molecule has 0 aliphatic heterocycles. The van der Waals surface area contributed by atoms with Crippen molar-refractivity contribution in [1.82, 2.24) is 0 Å². The average Bonchev–Trinajstić information content (AvgIpc) is 2.53. The maximum Gasteiger partial charge on any atom is 0.153 e. The first-order valence-corrected chi connectivity index (χ1v) is 8.31. The number of benzene rings is 3. The molecular weight excluding hydrogens is 408 g/mol. The molecule has 0 radical (unpaired) electrons. The van der Waals surface area contributed by atoms with E-state index in [0.29, 0.717) is 17.9 Å². The van der Waals surface area contributed by atoms with E-state index >= 15 is 0 Å². The summed E-state index contributed by atoms with van der Waals surface area (Å²) in [7, 11) is 0. The quantitative estimate of drug-likeness (QED) is 0.502. The molecule has 0 unspecified atom stereocenters. The molecular formula is C18H12Br2O2. The maximum absolute atomic E-state index is 11.2. The Hall–Kier alpha value is -1.65. The molecule has 0 aromatic heterocycles. The predicted octanol–water partition coefficient (Wildman–Crippen LogP) is 5.76. The van der Waals surface area contributed by atoms with Crippen molar-refractivity contribution in [3.05, 3.63) is 74.7 Å². The molecule has 0 saturated heterocycles. The third-order valence-electron chi connectivity index (χ3n) is 3.42. The third kappa shape index (κ3) is 3.08. The fraction of sp³-hybridized carbons (Fsp3) is 0.0556. The molecule has 0 aliphatic carbocycles. The van der Waals surface area contributed by atoms with E-state index in [4.69, 9.17) is 4.74 Å². The first-order valence-electron chi connectivity index (χ1n) is 6.72. The Balaban J connectivity index is 1.93. The van der Waals surface area contributed by atoms with Gasteiger partial charge in [-0.05, 0) is 44.4 Å². The number of hydrogen-bond acceptors (Lipinski definition) is 2. The molecule has 0 aliphatic rings. The largest absolute Gasteiger partial charge is 0.487 e. The Morgan fingerprint density at radius 3 is 2.59 bits per heavy atom. The molecule has 0 N–H and O–H groups in total. The van der Waals surface area contributed by atoms with E-state index in [0.717, 1.165) is 26.2 Å². The summed E-state index contributed by atoms with van der Waals surface area (Å²) in [5.41, 5.74) is 1.60. The van der Waals surface area contributed by atoms with Crippen LogP contribution in [0.3, 0.4) is 0 Å². The number of carbonyl (C=O) groups excluding carboxylic acids is 1. The molecule has 0 heterocycles. The Bertz CT molecular complexity index is 838. The van der Waals surface area contributed by atoms with Crippen molar-refractivity contribution in [1.29, 1.82) is 0 Å². The van der Waals surface area contributed by atoms with Crippen LogP contribution in [0, 0.1) is 0 Å². The molecule has 110 valence electrons. The van der Waals surface area contributed by atoms with Crippen molar-refractivity contribution in [2.45, 2.75) is 6.61 Å². The second-order valence-electron chi connectivity index (χ2n) is 4.85. The minimum atomic E-state index is 0.405. The Morgan fingerprint density at radius 1 is 1.00 bits per heavy atom. The molecule has 0 bridgehead atoms. The predicted molar refractivity (Wildman–Crippen MR) is 95.5 cm³/mol. The number of aldehydes is 1. The summed E-state index contributed by atoms with van der Waals surface area (Å²) in [6.07, 6.45) is 0.800. The van der Waals surface area contributed by atoms with Gasteiger partial charge in [0.1, 0.15) is 12.4 Å². The molecule has 3 aromatic rings. The van der Waals surface area contributed by atoms with Crippen molar-refractivity contribution in [2.75, 3.05) is 0 Å². The van der Waals surface area contributed by atoms with Gasteiger partial charge in [0.25, 0.3) is 0 Å². The molecule has 3 aromatic carbocycles. The lowest BCUT2D eigenvalue weighted by Crippen LogP contribution is -2.00. The maximum atomic E-state index is 11.2. The number of hydrogen-bond donors (Lipinski definition) is 0. The first-order chi connectivity index (χ1) is 10.7. The topological polar surface area (TPSA) is 26.3 Å². The molecule has 3 rings (SSSR count). The van der Waals surface area contributed by atoms with E-state index in [2.05, 4.69) is 50.1 Å². The minimum Gasteiger partial charge on any atom is -0.487 e. The standard InChI is InChI=1S/C18H12Br2O2/c19-15-8-14(10-21)18(17(20)9-15)22-11-13-6-3-5-12-4-1-2-7-16(12)13/h1-10H,11H2. The van der Waals surface area contributed by atoms with Crippen LogP contribution in [-0.4, -0.2) is 6.29 Å². The van der Waals surface area contributed by atoms with Crippen molar-refractivity contribution in [3.8, 4) is 5.75 Å². The molecule has 4 heteroatoms. The van der Waals surface area contributed by atoms with Crippen LogP contribution in [0.2, 0.25) is 0 Å². The fourth-order valence-electron chi connectivity index (χ4n) is 2.39. The molecule has 0 atom stereocenters. The van der Waals surface area contributed by atoms with E-state index in [1.54, 1.807) is 6.07 Å². The van der Waals surface area contributed by atoms with Gasteiger partial charge in [0.2, 0.25) is 0 Å². The second kappa shape index (κ2) is 6.63. The molecule has 0 saturated carbocycles. The van der Waals surface area contributed by atoms with Gasteiger partial charge in [0, 0.05) is 4.47 Å². The van der Waals surface area contributed by atoms with Crippen molar-refractivity contribution in [2.24, 2.45) is 0 Å².